The summed E-state index contributed by atoms with van der Waals surface area (Å²) in [4.78, 5) is 50.4. The van der Waals surface area contributed by atoms with Crippen LogP contribution in [0.2, 0.25) is 0 Å². The van der Waals surface area contributed by atoms with Crippen molar-refractivity contribution in [1.82, 2.24) is 63.6 Å². The van der Waals surface area contributed by atoms with Gasteiger partial charge in [-0.2, -0.15) is 10.2 Å². The highest BCUT2D eigenvalue weighted by atomic mass is 19.3. The fourth-order valence-corrected chi connectivity index (χ4v) is 10.9. The summed E-state index contributed by atoms with van der Waals surface area (Å²) in [6, 6.07) is 7.47. The number of carbonyl (C=O) groups excluding carboxylic acids is 2. The van der Waals surface area contributed by atoms with E-state index in [1.165, 1.54) is 17.5 Å². The average Bonchev–Trinajstić information content (AvgIpc) is 3.59. The molecule has 11 rings (SSSR count). The van der Waals surface area contributed by atoms with Crippen molar-refractivity contribution >= 4 is 40.0 Å². The Hall–Kier alpha value is -6.02. The van der Waals surface area contributed by atoms with Gasteiger partial charge in [0.25, 0.3) is 6.43 Å². The van der Waals surface area contributed by atoms with Crippen LogP contribution in [-0.4, -0.2) is 129 Å². The minimum Gasteiger partial charge on any atom is -0.370 e. The second-order valence-electron chi connectivity index (χ2n) is 18.8. The van der Waals surface area contributed by atoms with Crippen LogP contribution in [0, 0.1) is 5.92 Å². The molecule has 1 unspecified atom stereocenters. The van der Waals surface area contributed by atoms with Crippen LogP contribution in [0.5, 0.6) is 0 Å². The van der Waals surface area contributed by atoms with Crippen molar-refractivity contribution in [2.24, 2.45) is 13.0 Å². The number of hydrogen-bond donors (Lipinski definition) is 2. The number of para-hydroxylation sites is 1. The summed E-state index contributed by atoms with van der Waals surface area (Å²) in [5.74, 6) is 0.695. The van der Waals surface area contributed by atoms with Gasteiger partial charge in [-0.25, -0.2) is 27.8 Å². The number of hydrogen-bond acceptors (Lipinski definition) is 12. The number of halogens is 2. The molecule has 1 aromatic carbocycles. The second-order valence-corrected chi connectivity index (χ2v) is 18.8. The first-order valence-corrected chi connectivity index (χ1v) is 23.3. The number of imide groups is 1. The van der Waals surface area contributed by atoms with Gasteiger partial charge >= 0.3 is 5.69 Å². The number of fused-ring (bicyclic) bond motifs is 2. The number of nitrogens with one attached hydrogen (secondary N) is 2. The Kier molecular flexibility index (Phi) is 10.7. The first-order valence-electron chi connectivity index (χ1n) is 23.3. The molecule has 5 aliphatic rings. The number of carbonyl (C=O) groups is 2. The number of nitrogens with zero attached hydrogens (tertiary/aromatic N) is 13. The predicted molar refractivity (Wildman–Crippen MR) is 238 cm³/mol. The van der Waals surface area contributed by atoms with Gasteiger partial charge in [0.05, 0.1) is 46.4 Å². The van der Waals surface area contributed by atoms with Gasteiger partial charge in [-0.1, -0.05) is 30.5 Å². The van der Waals surface area contributed by atoms with E-state index in [-0.39, 0.29) is 29.4 Å². The predicted octanol–water partition coefficient (Wildman–Crippen LogP) is 4.51. The molecule has 0 radical (unpaired) electrons. The molecular formula is C45H55F2N15O3. The number of aryl methyl sites for hydroxylation is 1. The third-order valence-electron chi connectivity index (χ3n) is 14.7. The molecule has 5 aromatic heterocycles. The number of anilines is 2. The first-order chi connectivity index (χ1) is 31.6. The van der Waals surface area contributed by atoms with Crippen LogP contribution < -0.4 is 21.2 Å². The normalized spacial score (nSPS) is 21.5. The van der Waals surface area contributed by atoms with Crippen molar-refractivity contribution in [2.75, 3.05) is 62.6 Å². The molecule has 65 heavy (non-hydrogen) atoms. The van der Waals surface area contributed by atoms with Gasteiger partial charge in [-0.3, -0.25) is 33.6 Å². The Labute approximate surface area is 373 Å². The van der Waals surface area contributed by atoms with Crippen LogP contribution in [-0.2, 0) is 22.2 Å². The number of aromatic nitrogens is 10. The third kappa shape index (κ3) is 7.76. The Morgan fingerprint density at radius 1 is 0.923 bits per heavy atom. The summed E-state index contributed by atoms with van der Waals surface area (Å²) in [6.07, 6.45) is 14.0. The van der Waals surface area contributed by atoms with Crippen molar-refractivity contribution in [1.29, 1.82) is 0 Å². The van der Waals surface area contributed by atoms with E-state index >= 15 is 0 Å². The molecule has 3 saturated heterocycles. The van der Waals surface area contributed by atoms with Gasteiger partial charge in [0.2, 0.25) is 11.8 Å². The number of alkyl halides is 2. The fraction of sp³-hybridized carbons (Fsp3) is 0.556. The van der Waals surface area contributed by atoms with Gasteiger partial charge in [0.1, 0.15) is 23.2 Å². The van der Waals surface area contributed by atoms with Crippen molar-refractivity contribution in [2.45, 2.75) is 94.7 Å². The average molecular weight is 892 g/mol. The molecule has 20 heteroatoms. The molecule has 2 saturated carbocycles. The maximum absolute atomic E-state index is 14.9. The smallest absolute Gasteiger partial charge is 0.329 e. The number of rotatable bonds is 12. The molecule has 3 aliphatic heterocycles. The van der Waals surface area contributed by atoms with Gasteiger partial charge in [-0.15, -0.1) is 5.10 Å². The summed E-state index contributed by atoms with van der Waals surface area (Å²) >= 11 is 0. The zero-order chi connectivity index (χ0) is 44.4. The molecule has 342 valence electrons. The summed E-state index contributed by atoms with van der Waals surface area (Å²) in [7, 11) is 1.75. The lowest BCUT2D eigenvalue weighted by Gasteiger charge is -2.46. The van der Waals surface area contributed by atoms with Crippen molar-refractivity contribution in [3.8, 4) is 16.9 Å². The molecule has 5 fully saturated rings. The Morgan fingerprint density at radius 3 is 2.48 bits per heavy atom. The molecule has 18 nitrogen and oxygen atoms in total. The van der Waals surface area contributed by atoms with E-state index in [1.807, 2.05) is 35.1 Å². The number of imidazole rings is 1. The monoisotopic (exact) mass is 891 g/mol. The molecular weight excluding hydrogens is 837 g/mol. The zero-order valence-corrected chi connectivity index (χ0v) is 36.7. The molecule has 8 heterocycles. The Morgan fingerprint density at radius 2 is 1.72 bits per heavy atom. The van der Waals surface area contributed by atoms with Gasteiger partial charge in [0.15, 0.2) is 11.3 Å². The van der Waals surface area contributed by atoms with E-state index in [1.54, 1.807) is 39.3 Å². The van der Waals surface area contributed by atoms with E-state index in [0.29, 0.717) is 40.8 Å². The molecule has 0 bridgehead atoms. The highest BCUT2D eigenvalue weighted by Crippen LogP contribution is 2.39. The molecule has 6 aromatic rings. The van der Waals surface area contributed by atoms with Gasteiger partial charge in [0, 0.05) is 65.0 Å². The van der Waals surface area contributed by atoms with Crippen molar-refractivity contribution in [3.05, 3.63) is 65.2 Å². The molecule has 2 N–H and O–H groups in total. The van der Waals surface area contributed by atoms with E-state index < -0.39 is 23.9 Å². The van der Waals surface area contributed by atoms with E-state index in [4.69, 9.17) is 4.98 Å². The maximum atomic E-state index is 14.9. The second kappa shape index (κ2) is 16.8. The SMILES string of the molecule is Cn1c(=O)n(C2CCC(=O)NC2=O)c2cccc(N3CCN(C4CCN(CC5(n6cc(-n7cc(-c8cnn9ccc(NCC%10CC%10)nc89)nn7)c(C(F)F)n6)CCCCC5)CC4)CC3)c21. The van der Waals surface area contributed by atoms with Gasteiger partial charge in [-0.05, 0) is 82.2 Å². The highest BCUT2D eigenvalue weighted by Gasteiger charge is 2.40. The number of amides is 2. The fourth-order valence-electron chi connectivity index (χ4n) is 10.9. The van der Waals surface area contributed by atoms with Crippen LogP contribution in [0.4, 0.5) is 20.3 Å². The highest BCUT2D eigenvalue weighted by molar-refractivity contribution is 6.00. The van der Waals surface area contributed by atoms with E-state index in [2.05, 4.69) is 45.8 Å². The standard InChI is InChI=1S/C45H55F2N15O3/c1-55-40-33(6-5-7-34(40)62(44(55)65)35-10-11-38(63)51-43(35)64)58-22-20-57(21-23-58)30-12-17-56(18-13-30)28-45(15-3-2-4-16-45)61-27-36(39(53-61)41(46)47)60-26-32(52-54-60)31-25-49-59-19-14-37(50-42(31)59)48-24-29-8-9-29/h5-7,14,19,25-27,29-30,35,41H,2-4,8-13,15-18,20-24,28H2,1H3,(H,48,50)(H,51,63,64). The van der Waals surface area contributed by atoms with Crippen LogP contribution in [0.25, 0.3) is 33.6 Å². The number of benzene rings is 1. The number of likely N-dealkylation sites (tertiary alicyclic amines) is 1. The maximum Gasteiger partial charge on any atom is 0.329 e. The topological polar surface area (TPSA) is 174 Å². The Bertz CT molecular complexity index is 2800. The first kappa shape index (κ1) is 41.7. The molecule has 2 aliphatic carbocycles. The molecule has 0 spiro atoms. The minimum atomic E-state index is -2.80. The molecule has 2 amide bonds. The summed E-state index contributed by atoms with van der Waals surface area (Å²) in [6.45, 7) is 6.82. The Balaban J connectivity index is 0.760. The lowest BCUT2D eigenvalue weighted by molar-refractivity contribution is -0.135. The molecule has 1 atom stereocenters. The zero-order valence-electron chi connectivity index (χ0n) is 36.7. The van der Waals surface area contributed by atoms with Crippen molar-refractivity contribution < 1.29 is 18.4 Å². The lowest BCUT2D eigenvalue weighted by atomic mass is 9.81. The van der Waals surface area contributed by atoms with Gasteiger partial charge < -0.3 is 15.1 Å². The number of piperazine rings is 1. The van der Waals surface area contributed by atoms with Crippen LogP contribution in [0.15, 0.2) is 53.8 Å². The summed E-state index contributed by atoms with van der Waals surface area (Å²) < 4.78 is 37.8. The minimum absolute atomic E-state index is 0.199. The van der Waals surface area contributed by atoms with Crippen LogP contribution >= 0.6 is 0 Å². The van der Waals surface area contributed by atoms with Crippen LogP contribution in [0.1, 0.15) is 88.8 Å². The third-order valence-corrected chi connectivity index (χ3v) is 14.7. The largest absolute Gasteiger partial charge is 0.370 e. The van der Waals surface area contributed by atoms with E-state index in [9.17, 15) is 23.2 Å². The number of piperidine rings is 2. The van der Waals surface area contributed by atoms with E-state index in [0.717, 1.165) is 114 Å². The lowest BCUT2D eigenvalue weighted by Crippen LogP contribution is -2.55. The van der Waals surface area contributed by atoms with Crippen LogP contribution in [0.3, 0.4) is 0 Å². The van der Waals surface area contributed by atoms with Crippen molar-refractivity contribution in [3.63, 3.8) is 0 Å². The summed E-state index contributed by atoms with van der Waals surface area (Å²) in [5, 5.41) is 23.7. The summed E-state index contributed by atoms with van der Waals surface area (Å²) in [5.41, 5.74) is 3.45. The quantitative estimate of drug-likeness (QED) is 0.165.